The van der Waals surface area contributed by atoms with E-state index in [-0.39, 0.29) is 0 Å². The molecule has 0 aromatic heterocycles. The molecule has 0 spiro atoms. The Labute approximate surface area is 106 Å². The molecule has 1 aromatic rings. The third-order valence-corrected chi connectivity index (χ3v) is 3.28. The van der Waals surface area contributed by atoms with Gasteiger partial charge in [0.2, 0.25) is 0 Å². The van der Waals surface area contributed by atoms with Crippen molar-refractivity contribution >= 4 is 0 Å². The molecule has 0 saturated heterocycles. The summed E-state index contributed by atoms with van der Waals surface area (Å²) in [6.07, 6.45) is 0. The van der Waals surface area contributed by atoms with E-state index in [4.69, 9.17) is 5.73 Å². The Hall–Kier alpha value is -0.860. The first kappa shape index (κ1) is 14.2. The van der Waals surface area contributed by atoms with Gasteiger partial charge in [-0.05, 0) is 43.5 Å². The molecule has 0 aliphatic rings. The first-order chi connectivity index (χ1) is 7.97. The highest BCUT2D eigenvalue weighted by Gasteiger charge is 2.19. The summed E-state index contributed by atoms with van der Waals surface area (Å²) < 4.78 is 0. The molecule has 0 bridgehead atoms. The van der Waals surface area contributed by atoms with E-state index in [1.54, 1.807) is 0 Å². The minimum absolute atomic E-state index is 0.332. The minimum atomic E-state index is 0.332. The predicted molar refractivity (Wildman–Crippen MR) is 75.2 cm³/mol. The van der Waals surface area contributed by atoms with E-state index in [0.717, 1.165) is 6.54 Å². The van der Waals surface area contributed by atoms with Crippen LogP contribution in [0.15, 0.2) is 18.2 Å². The maximum atomic E-state index is 5.98. The summed E-state index contributed by atoms with van der Waals surface area (Å²) in [5, 5.41) is 0. The molecule has 0 amide bonds. The van der Waals surface area contributed by atoms with E-state index in [9.17, 15) is 0 Å². The Kier molecular flexibility index (Phi) is 5.16. The number of nitrogens with two attached hydrogens (primary N) is 1. The van der Waals surface area contributed by atoms with Gasteiger partial charge in [-0.1, -0.05) is 32.0 Å². The summed E-state index contributed by atoms with van der Waals surface area (Å²) >= 11 is 0. The van der Waals surface area contributed by atoms with Crippen molar-refractivity contribution in [3.8, 4) is 0 Å². The summed E-state index contributed by atoms with van der Waals surface area (Å²) in [5.74, 6) is 0.665. The summed E-state index contributed by atoms with van der Waals surface area (Å²) in [5.41, 5.74) is 10.1. The summed E-state index contributed by atoms with van der Waals surface area (Å²) in [7, 11) is 2.17. The molecule has 96 valence electrons. The van der Waals surface area contributed by atoms with Gasteiger partial charge >= 0.3 is 0 Å². The van der Waals surface area contributed by atoms with Crippen LogP contribution in [0.25, 0.3) is 0 Å². The first-order valence-electron chi connectivity index (χ1n) is 6.43. The molecule has 0 aliphatic heterocycles. The van der Waals surface area contributed by atoms with Gasteiger partial charge in [0, 0.05) is 19.1 Å². The van der Waals surface area contributed by atoms with Crippen LogP contribution in [-0.2, 0) is 0 Å². The van der Waals surface area contributed by atoms with Gasteiger partial charge in [0.15, 0.2) is 0 Å². The number of nitrogens with zero attached hydrogens (tertiary/aromatic N) is 1. The molecule has 1 unspecified atom stereocenters. The van der Waals surface area contributed by atoms with Crippen LogP contribution < -0.4 is 5.73 Å². The number of hydrogen-bond acceptors (Lipinski definition) is 2. The highest BCUT2D eigenvalue weighted by atomic mass is 15.1. The Morgan fingerprint density at radius 1 is 1.18 bits per heavy atom. The second-order valence-electron chi connectivity index (χ2n) is 5.39. The molecular weight excluding hydrogens is 208 g/mol. The summed E-state index contributed by atoms with van der Waals surface area (Å²) in [4.78, 5) is 2.38. The molecule has 0 fully saturated rings. The largest absolute Gasteiger partial charge is 0.329 e. The Balaban J connectivity index is 3.01. The van der Waals surface area contributed by atoms with E-state index >= 15 is 0 Å². The lowest BCUT2D eigenvalue weighted by molar-refractivity contribution is 0.222. The maximum Gasteiger partial charge on any atom is 0.0472 e. The fourth-order valence-corrected chi connectivity index (χ4v) is 2.57. The smallest absolute Gasteiger partial charge is 0.0472 e. The van der Waals surface area contributed by atoms with Gasteiger partial charge in [0.25, 0.3) is 0 Å². The quantitative estimate of drug-likeness (QED) is 0.849. The Bertz CT molecular complexity index is 338. The second-order valence-corrected chi connectivity index (χ2v) is 5.39. The third-order valence-electron chi connectivity index (χ3n) is 3.28. The zero-order valence-electron chi connectivity index (χ0n) is 11.8. The number of rotatable bonds is 5. The average Bonchev–Trinajstić information content (AvgIpc) is 2.22. The molecule has 0 radical (unpaired) electrons. The lowest BCUT2D eigenvalue weighted by Crippen LogP contribution is -2.34. The van der Waals surface area contributed by atoms with Crippen molar-refractivity contribution in [3.63, 3.8) is 0 Å². The van der Waals surface area contributed by atoms with Crippen LogP contribution in [0.5, 0.6) is 0 Å². The number of aryl methyl sites for hydroxylation is 2. The second kappa shape index (κ2) is 6.18. The standard InChI is InChI=1S/C15H26N2/c1-11(2)10-17(5)14(9-16)15-12(3)7-6-8-13(15)4/h6-8,11,14H,9-10,16H2,1-5H3. The van der Waals surface area contributed by atoms with Crippen LogP contribution in [0, 0.1) is 19.8 Å². The molecule has 1 atom stereocenters. The molecule has 2 N–H and O–H groups in total. The van der Waals surface area contributed by atoms with Gasteiger partial charge < -0.3 is 5.73 Å². The lowest BCUT2D eigenvalue weighted by Gasteiger charge is -2.31. The molecule has 0 saturated carbocycles. The van der Waals surface area contributed by atoms with Crippen molar-refractivity contribution in [1.29, 1.82) is 0 Å². The summed E-state index contributed by atoms with van der Waals surface area (Å²) in [6.45, 7) is 10.6. The lowest BCUT2D eigenvalue weighted by atomic mass is 9.95. The molecule has 1 rings (SSSR count). The van der Waals surface area contributed by atoms with E-state index in [1.807, 2.05) is 0 Å². The molecular formula is C15H26N2. The van der Waals surface area contributed by atoms with Crippen LogP contribution in [0.2, 0.25) is 0 Å². The molecule has 1 aromatic carbocycles. The van der Waals surface area contributed by atoms with Gasteiger partial charge in [-0.3, -0.25) is 4.90 Å². The normalized spacial score (nSPS) is 13.4. The van der Waals surface area contributed by atoms with Crippen molar-refractivity contribution in [1.82, 2.24) is 4.90 Å². The fraction of sp³-hybridized carbons (Fsp3) is 0.600. The van der Waals surface area contributed by atoms with Gasteiger partial charge in [0.05, 0.1) is 0 Å². The molecule has 0 aliphatic carbocycles. The zero-order valence-corrected chi connectivity index (χ0v) is 11.8. The molecule has 0 heterocycles. The van der Waals surface area contributed by atoms with Gasteiger partial charge in [-0.15, -0.1) is 0 Å². The maximum absolute atomic E-state index is 5.98. The van der Waals surface area contributed by atoms with Crippen LogP contribution >= 0.6 is 0 Å². The monoisotopic (exact) mass is 234 g/mol. The average molecular weight is 234 g/mol. The van der Waals surface area contributed by atoms with Gasteiger partial charge in [0.1, 0.15) is 0 Å². The fourth-order valence-electron chi connectivity index (χ4n) is 2.57. The van der Waals surface area contributed by atoms with E-state index in [1.165, 1.54) is 16.7 Å². The summed E-state index contributed by atoms with van der Waals surface area (Å²) in [6, 6.07) is 6.80. The molecule has 2 nitrogen and oxygen atoms in total. The topological polar surface area (TPSA) is 29.3 Å². The van der Waals surface area contributed by atoms with Crippen LogP contribution in [0.4, 0.5) is 0 Å². The third kappa shape index (κ3) is 3.55. The van der Waals surface area contributed by atoms with E-state index in [0.29, 0.717) is 18.5 Å². The van der Waals surface area contributed by atoms with Crippen LogP contribution in [0.1, 0.15) is 36.6 Å². The molecule has 2 heteroatoms. The highest BCUT2D eigenvalue weighted by molar-refractivity contribution is 5.36. The Morgan fingerprint density at radius 3 is 2.12 bits per heavy atom. The van der Waals surface area contributed by atoms with Gasteiger partial charge in [-0.25, -0.2) is 0 Å². The zero-order chi connectivity index (χ0) is 13.0. The van der Waals surface area contributed by atoms with Gasteiger partial charge in [-0.2, -0.15) is 0 Å². The van der Waals surface area contributed by atoms with Crippen molar-refractivity contribution in [2.75, 3.05) is 20.1 Å². The van der Waals surface area contributed by atoms with E-state index in [2.05, 4.69) is 57.8 Å². The van der Waals surface area contributed by atoms with Crippen LogP contribution in [-0.4, -0.2) is 25.0 Å². The minimum Gasteiger partial charge on any atom is -0.329 e. The van der Waals surface area contributed by atoms with Crippen molar-refractivity contribution in [2.45, 2.75) is 33.7 Å². The number of likely N-dealkylation sites (N-methyl/N-ethyl adjacent to an activating group) is 1. The van der Waals surface area contributed by atoms with Crippen molar-refractivity contribution < 1.29 is 0 Å². The first-order valence-corrected chi connectivity index (χ1v) is 6.43. The van der Waals surface area contributed by atoms with Crippen molar-refractivity contribution in [3.05, 3.63) is 34.9 Å². The highest BCUT2D eigenvalue weighted by Crippen LogP contribution is 2.25. The van der Waals surface area contributed by atoms with Crippen molar-refractivity contribution in [2.24, 2.45) is 11.7 Å². The number of hydrogen-bond donors (Lipinski definition) is 1. The van der Waals surface area contributed by atoms with E-state index < -0.39 is 0 Å². The Morgan fingerprint density at radius 2 is 1.71 bits per heavy atom. The molecule has 17 heavy (non-hydrogen) atoms. The SMILES string of the molecule is Cc1cccc(C)c1C(CN)N(C)CC(C)C. The predicted octanol–water partition coefficient (Wildman–Crippen LogP) is 2.89. The number of benzene rings is 1. The van der Waals surface area contributed by atoms with Crippen LogP contribution in [0.3, 0.4) is 0 Å².